The number of nitrogens with zero attached hydrogens (tertiary/aromatic N) is 2. The third kappa shape index (κ3) is 3.03. The number of pyridine rings is 1. The molecule has 1 aliphatic carbocycles. The molecule has 0 atom stereocenters. The van der Waals surface area contributed by atoms with Crippen molar-refractivity contribution in [3.8, 4) is 0 Å². The fraction of sp³-hybridized carbons (Fsp3) is 0.643. The molecule has 5 nitrogen and oxygen atoms in total. The molecule has 0 bridgehead atoms. The van der Waals surface area contributed by atoms with Gasteiger partial charge in [-0.15, -0.1) is 0 Å². The van der Waals surface area contributed by atoms with E-state index in [4.69, 9.17) is 0 Å². The zero-order valence-corrected chi connectivity index (χ0v) is 11.6. The lowest BCUT2D eigenvalue weighted by molar-refractivity contribution is -0.385. The van der Waals surface area contributed by atoms with Crippen LogP contribution in [0.4, 0.5) is 11.5 Å². The molecule has 0 spiro atoms. The maximum absolute atomic E-state index is 10.9. The van der Waals surface area contributed by atoms with Crippen LogP contribution in [0.15, 0.2) is 12.3 Å². The summed E-state index contributed by atoms with van der Waals surface area (Å²) in [6, 6.07) is 1.54. The fourth-order valence-electron chi connectivity index (χ4n) is 2.86. The number of nitro groups is 1. The lowest BCUT2D eigenvalue weighted by Crippen LogP contribution is -2.26. The van der Waals surface area contributed by atoms with Crippen molar-refractivity contribution >= 4 is 11.5 Å². The summed E-state index contributed by atoms with van der Waals surface area (Å²) < 4.78 is 0. The minimum atomic E-state index is -0.354. The highest BCUT2D eigenvalue weighted by molar-refractivity contribution is 5.49. The van der Waals surface area contributed by atoms with E-state index in [1.165, 1.54) is 31.7 Å². The minimum Gasteiger partial charge on any atom is -0.369 e. The second kappa shape index (κ2) is 5.55. The first kappa shape index (κ1) is 13.8. The van der Waals surface area contributed by atoms with Crippen LogP contribution in [0, 0.1) is 22.5 Å². The molecule has 19 heavy (non-hydrogen) atoms. The van der Waals surface area contributed by atoms with E-state index in [1.54, 1.807) is 13.1 Å². The zero-order chi connectivity index (χ0) is 13.9. The molecule has 1 aromatic heterocycles. The Kier molecular flexibility index (Phi) is 4.02. The second-order valence-corrected chi connectivity index (χ2v) is 5.53. The molecular weight excluding hydrogens is 242 g/mol. The van der Waals surface area contributed by atoms with E-state index in [1.807, 2.05) is 0 Å². The van der Waals surface area contributed by atoms with Gasteiger partial charge in [-0.1, -0.05) is 19.8 Å². The second-order valence-electron chi connectivity index (χ2n) is 5.53. The van der Waals surface area contributed by atoms with Gasteiger partial charge in [0.15, 0.2) is 0 Å². The van der Waals surface area contributed by atoms with Crippen molar-refractivity contribution in [2.75, 3.05) is 11.9 Å². The predicted octanol–water partition coefficient (Wildman–Crippen LogP) is 3.68. The Hall–Kier alpha value is -1.65. The van der Waals surface area contributed by atoms with Crippen LogP contribution in [0.25, 0.3) is 0 Å². The summed E-state index contributed by atoms with van der Waals surface area (Å²) in [4.78, 5) is 14.8. The maximum Gasteiger partial charge on any atom is 0.277 e. The van der Waals surface area contributed by atoms with E-state index >= 15 is 0 Å². The number of anilines is 1. The van der Waals surface area contributed by atoms with Gasteiger partial charge in [0.05, 0.1) is 11.0 Å². The van der Waals surface area contributed by atoms with Crippen molar-refractivity contribution in [3.05, 3.63) is 27.9 Å². The van der Waals surface area contributed by atoms with Crippen LogP contribution in [-0.2, 0) is 0 Å². The first-order chi connectivity index (χ1) is 9.06. The maximum atomic E-state index is 10.9. The SMILES string of the molecule is CCC1(CNc2cc([N+](=O)[O-])c(C)cn2)CCCC1. The number of nitrogens with one attached hydrogen (secondary N) is 1. The summed E-state index contributed by atoms with van der Waals surface area (Å²) in [6.07, 6.45) is 7.77. The smallest absolute Gasteiger partial charge is 0.277 e. The first-order valence-corrected chi connectivity index (χ1v) is 6.91. The molecule has 0 radical (unpaired) electrons. The molecule has 104 valence electrons. The van der Waals surface area contributed by atoms with Gasteiger partial charge >= 0.3 is 0 Å². The molecule has 1 N–H and O–H groups in total. The predicted molar refractivity (Wildman–Crippen MR) is 75.3 cm³/mol. The topological polar surface area (TPSA) is 68.1 Å². The number of hydrogen-bond donors (Lipinski definition) is 1. The molecule has 0 aliphatic heterocycles. The molecule has 0 saturated heterocycles. The van der Waals surface area contributed by atoms with Crippen molar-refractivity contribution < 1.29 is 4.92 Å². The number of hydrogen-bond acceptors (Lipinski definition) is 4. The van der Waals surface area contributed by atoms with Crippen LogP contribution in [0.1, 0.15) is 44.6 Å². The number of rotatable bonds is 5. The summed E-state index contributed by atoms with van der Waals surface area (Å²) in [5, 5.41) is 14.2. The van der Waals surface area contributed by atoms with Gasteiger partial charge < -0.3 is 5.32 Å². The Labute approximate surface area is 113 Å². The van der Waals surface area contributed by atoms with Gasteiger partial charge in [-0.2, -0.15) is 0 Å². The van der Waals surface area contributed by atoms with E-state index in [0.29, 0.717) is 16.8 Å². The zero-order valence-electron chi connectivity index (χ0n) is 11.6. The van der Waals surface area contributed by atoms with Gasteiger partial charge in [-0.25, -0.2) is 4.98 Å². The van der Waals surface area contributed by atoms with Crippen LogP contribution in [0.2, 0.25) is 0 Å². The van der Waals surface area contributed by atoms with Gasteiger partial charge in [-0.05, 0) is 31.6 Å². The lowest BCUT2D eigenvalue weighted by atomic mass is 9.83. The Morgan fingerprint density at radius 1 is 1.47 bits per heavy atom. The van der Waals surface area contributed by atoms with Gasteiger partial charge in [0.25, 0.3) is 5.69 Å². The monoisotopic (exact) mass is 263 g/mol. The van der Waals surface area contributed by atoms with Crippen LogP contribution < -0.4 is 5.32 Å². The summed E-state index contributed by atoms with van der Waals surface area (Å²) in [5.41, 5.74) is 1.08. The Bertz CT molecular complexity index is 468. The summed E-state index contributed by atoms with van der Waals surface area (Å²) in [6.45, 7) is 4.79. The highest BCUT2D eigenvalue weighted by Crippen LogP contribution is 2.40. The summed E-state index contributed by atoms with van der Waals surface area (Å²) >= 11 is 0. The van der Waals surface area contributed by atoms with E-state index in [9.17, 15) is 10.1 Å². The molecule has 1 heterocycles. The van der Waals surface area contributed by atoms with Crippen LogP contribution in [0.5, 0.6) is 0 Å². The van der Waals surface area contributed by atoms with Crippen molar-refractivity contribution in [1.29, 1.82) is 0 Å². The van der Waals surface area contributed by atoms with Crippen molar-refractivity contribution in [3.63, 3.8) is 0 Å². The standard InChI is InChI=1S/C14H21N3O2/c1-3-14(6-4-5-7-14)10-16-13-8-12(17(18)19)11(2)9-15-13/h8-9H,3-7,10H2,1-2H3,(H,15,16). The third-order valence-corrected chi connectivity index (χ3v) is 4.33. The highest BCUT2D eigenvalue weighted by atomic mass is 16.6. The lowest BCUT2D eigenvalue weighted by Gasteiger charge is -2.27. The average molecular weight is 263 g/mol. The van der Waals surface area contributed by atoms with Gasteiger partial charge in [0.1, 0.15) is 5.82 Å². The van der Waals surface area contributed by atoms with Gasteiger partial charge in [0, 0.05) is 18.3 Å². The number of aryl methyl sites for hydroxylation is 1. The molecule has 0 aromatic carbocycles. The largest absolute Gasteiger partial charge is 0.369 e. The Morgan fingerprint density at radius 2 is 2.16 bits per heavy atom. The van der Waals surface area contributed by atoms with Crippen LogP contribution >= 0.6 is 0 Å². The van der Waals surface area contributed by atoms with Crippen molar-refractivity contribution in [1.82, 2.24) is 4.98 Å². The third-order valence-electron chi connectivity index (χ3n) is 4.33. The molecule has 1 aromatic rings. The summed E-state index contributed by atoms with van der Waals surface area (Å²) in [5.74, 6) is 0.608. The van der Waals surface area contributed by atoms with E-state index in [2.05, 4.69) is 17.2 Å². The van der Waals surface area contributed by atoms with Crippen LogP contribution in [0.3, 0.4) is 0 Å². The molecule has 1 aliphatic rings. The first-order valence-electron chi connectivity index (χ1n) is 6.91. The molecule has 1 saturated carbocycles. The molecule has 0 amide bonds. The quantitative estimate of drug-likeness (QED) is 0.650. The summed E-state index contributed by atoms with van der Waals surface area (Å²) in [7, 11) is 0. The van der Waals surface area contributed by atoms with E-state index in [0.717, 1.165) is 13.0 Å². The van der Waals surface area contributed by atoms with Crippen molar-refractivity contribution in [2.24, 2.45) is 5.41 Å². The Morgan fingerprint density at radius 3 is 2.74 bits per heavy atom. The molecular formula is C14H21N3O2. The molecule has 5 heteroatoms. The molecule has 1 fully saturated rings. The van der Waals surface area contributed by atoms with E-state index < -0.39 is 0 Å². The van der Waals surface area contributed by atoms with Gasteiger partial charge in [-0.3, -0.25) is 10.1 Å². The minimum absolute atomic E-state index is 0.134. The number of aromatic nitrogens is 1. The van der Waals surface area contributed by atoms with Gasteiger partial charge in [0.2, 0.25) is 0 Å². The molecule has 2 rings (SSSR count). The highest BCUT2D eigenvalue weighted by Gasteiger charge is 2.31. The van der Waals surface area contributed by atoms with E-state index in [-0.39, 0.29) is 10.6 Å². The van der Waals surface area contributed by atoms with Crippen molar-refractivity contribution in [2.45, 2.75) is 46.0 Å². The fourth-order valence-corrected chi connectivity index (χ4v) is 2.86. The normalized spacial score (nSPS) is 17.4. The average Bonchev–Trinajstić information content (AvgIpc) is 2.87. The molecule has 0 unspecified atom stereocenters. The Balaban J connectivity index is 2.07. The van der Waals surface area contributed by atoms with Crippen LogP contribution in [-0.4, -0.2) is 16.5 Å².